The maximum Gasteiger partial charge on any atom is 0.275 e. The molecule has 0 aliphatic carbocycles. The van der Waals surface area contributed by atoms with Crippen LogP contribution in [-0.4, -0.2) is 11.8 Å². The quantitative estimate of drug-likeness (QED) is 0.351. The second kappa shape index (κ2) is 2.13. The summed E-state index contributed by atoms with van der Waals surface area (Å²) < 4.78 is 0. The van der Waals surface area contributed by atoms with Crippen LogP contribution in [0.25, 0.3) is 0 Å². The van der Waals surface area contributed by atoms with Crippen molar-refractivity contribution in [3.05, 3.63) is 11.1 Å². The minimum absolute atomic E-state index is 0.222. The largest absolute Gasteiger partial charge is 0.275 e. The Morgan fingerprint density at radius 2 is 1.50 bits per heavy atom. The van der Waals surface area contributed by atoms with Gasteiger partial charge in [-0.15, -0.1) is 0 Å². The zero-order chi connectivity index (χ0) is 7.72. The minimum Gasteiger partial charge on any atom is -0.267 e. The van der Waals surface area contributed by atoms with E-state index in [-0.39, 0.29) is 17.4 Å². The van der Waals surface area contributed by atoms with Gasteiger partial charge in [-0.1, -0.05) is 5.57 Å². The Labute approximate surface area is 58.3 Å². The second-order valence-electron chi connectivity index (χ2n) is 2.28. The van der Waals surface area contributed by atoms with E-state index in [1.54, 1.807) is 13.8 Å². The molecule has 0 spiro atoms. The first kappa shape index (κ1) is 6.80. The molecule has 2 N–H and O–H groups in total. The average Bonchev–Trinajstić information content (AvgIpc) is 2.11. The molecule has 0 aromatic rings. The van der Waals surface area contributed by atoms with E-state index in [0.29, 0.717) is 0 Å². The summed E-state index contributed by atoms with van der Waals surface area (Å²) in [5, 5.41) is 0. The molecule has 4 nitrogen and oxygen atoms in total. The smallest absolute Gasteiger partial charge is 0.267 e. The second-order valence-corrected chi connectivity index (χ2v) is 2.28. The van der Waals surface area contributed by atoms with Crippen LogP contribution in [0.3, 0.4) is 0 Å². The van der Waals surface area contributed by atoms with Crippen LogP contribution in [0.1, 0.15) is 13.8 Å². The Hall–Kier alpha value is -1.32. The molecule has 2 amide bonds. The zero-order valence-corrected chi connectivity index (χ0v) is 5.82. The molecule has 0 bridgehead atoms. The molecule has 1 heterocycles. The lowest BCUT2D eigenvalue weighted by Gasteiger charge is -1.90. The average molecular weight is 140 g/mol. The van der Waals surface area contributed by atoms with Crippen molar-refractivity contribution in [1.29, 1.82) is 0 Å². The third-order valence-corrected chi connectivity index (χ3v) is 1.24. The van der Waals surface area contributed by atoms with Crippen LogP contribution in [0.2, 0.25) is 0 Å². The molecule has 0 atom stereocenters. The number of allylic oxidation sites excluding steroid dienone is 1. The summed E-state index contributed by atoms with van der Waals surface area (Å²) in [6, 6.07) is 0. The number of amides is 2. The maximum absolute atomic E-state index is 10.8. The van der Waals surface area contributed by atoms with Crippen LogP contribution >= 0.6 is 0 Å². The van der Waals surface area contributed by atoms with Gasteiger partial charge in [-0.2, -0.15) is 0 Å². The van der Waals surface area contributed by atoms with Gasteiger partial charge in [0.15, 0.2) is 0 Å². The van der Waals surface area contributed by atoms with E-state index in [1.165, 1.54) is 0 Å². The molecule has 1 aliphatic heterocycles. The first-order valence-corrected chi connectivity index (χ1v) is 2.91. The first-order valence-electron chi connectivity index (χ1n) is 2.91. The molecule has 0 unspecified atom stereocenters. The monoisotopic (exact) mass is 140 g/mol. The van der Waals surface area contributed by atoms with Crippen LogP contribution in [0.15, 0.2) is 11.1 Å². The van der Waals surface area contributed by atoms with E-state index in [9.17, 15) is 9.59 Å². The number of rotatable bonds is 0. The van der Waals surface area contributed by atoms with Gasteiger partial charge in [0.05, 0.1) is 0 Å². The lowest BCUT2D eigenvalue weighted by Crippen LogP contribution is -2.28. The lowest BCUT2D eigenvalue weighted by molar-refractivity contribution is -0.117. The number of carbonyl (C=O) groups excluding carboxylic acids is 2. The molecule has 0 radical (unpaired) electrons. The van der Waals surface area contributed by atoms with Crippen molar-refractivity contribution in [1.82, 2.24) is 10.9 Å². The molecule has 0 aromatic carbocycles. The summed E-state index contributed by atoms with van der Waals surface area (Å²) in [5.41, 5.74) is 5.36. The number of hydrogen-bond acceptors (Lipinski definition) is 2. The van der Waals surface area contributed by atoms with Crippen molar-refractivity contribution in [2.24, 2.45) is 0 Å². The molecular formula is C6H8N2O2. The predicted molar refractivity (Wildman–Crippen MR) is 34.7 cm³/mol. The third kappa shape index (κ3) is 0.877. The Morgan fingerprint density at radius 3 is 1.70 bits per heavy atom. The summed E-state index contributed by atoms with van der Waals surface area (Å²) in [6.45, 7) is 3.44. The fraction of sp³-hybridized carbons (Fsp3) is 0.333. The predicted octanol–water partition coefficient (Wildman–Crippen LogP) is -0.516. The fourth-order valence-corrected chi connectivity index (χ4v) is 0.796. The van der Waals surface area contributed by atoms with Crippen LogP contribution in [0, 0.1) is 0 Å². The maximum atomic E-state index is 10.8. The molecule has 1 fully saturated rings. The highest BCUT2D eigenvalue weighted by Crippen LogP contribution is 2.06. The summed E-state index contributed by atoms with van der Waals surface area (Å²) in [4.78, 5) is 21.5. The molecule has 4 heteroatoms. The highest BCUT2D eigenvalue weighted by Gasteiger charge is 2.25. The van der Waals surface area contributed by atoms with Crippen molar-refractivity contribution in [2.75, 3.05) is 0 Å². The van der Waals surface area contributed by atoms with Gasteiger partial charge in [0, 0.05) is 0 Å². The topological polar surface area (TPSA) is 58.2 Å². The molecule has 0 aromatic heterocycles. The van der Waals surface area contributed by atoms with Gasteiger partial charge in [-0.05, 0) is 13.8 Å². The fourth-order valence-electron chi connectivity index (χ4n) is 0.796. The standard InChI is InChI=1S/C6H8N2O2/c1-3(2)4-5(9)7-8-6(4)10/h1-2H3,(H,7,9)(H,8,10). The first-order chi connectivity index (χ1) is 4.63. The van der Waals surface area contributed by atoms with Gasteiger partial charge < -0.3 is 0 Å². The lowest BCUT2D eigenvalue weighted by atomic mass is 10.1. The summed E-state index contributed by atoms with van der Waals surface area (Å²) in [7, 11) is 0. The zero-order valence-electron chi connectivity index (χ0n) is 5.82. The van der Waals surface area contributed by atoms with E-state index in [1.807, 2.05) is 0 Å². The Kier molecular flexibility index (Phi) is 1.45. The van der Waals surface area contributed by atoms with Gasteiger partial charge in [-0.3, -0.25) is 20.4 Å². The number of hydrazine groups is 1. The van der Waals surface area contributed by atoms with Crippen molar-refractivity contribution < 1.29 is 9.59 Å². The van der Waals surface area contributed by atoms with Crippen molar-refractivity contribution in [2.45, 2.75) is 13.8 Å². The SMILES string of the molecule is CC(C)=C1C(=O)NNC1=O. The normalized spacial score (nSPS) is 16.8. The van der Waals surface area contributed by atoms with Crippen molar-refractivity contribution >= 4 is 11.8 Å². The van der Waals surface area contributed by atoms with Crippen molar-refractivity contribution in [3.63, 3.8) is 0 Å². The van der Waals surface area contributed by atoms with Gasteiger partial charge in [0.1, 0.15) is 5.57 Å². The summed E-state index contributed by atoms with van der Waals surface area (Å²) in [6.07, 6.45) is 0. The highest BCUT2D eigenvalue weighted by atomic mass is 16.2. The van der Waals surface area contributed by atoms with Crippen molar-refractivity contribution in [3.8, 4) is 0 Å². The van der Waals surface area contributed by atoms with Crippen LogP contribution in [0.5, 0.6) is 0 Å². The Bertz CT molecular complexity index is 208. The van der Waals surface area contributed by atoms with E-state index < -0.39 is 0 Å². The van der Waals surface area contributed by atoms with Crippen LogP contribution in [-0.2, 0) is 9.59 Å². The van der Waals surface area contributed by atoms with Gasteiger partial charge in [-0.25, -0.2) is 0 Å². The highest BCUT2D eigenvalue weighted by molar-refractivity contribution is 6.22. The number of nitrogens with one attached hydrogen (secondary N) is 2. The Balaban J connectivity index is 3.05. The molecule has 1 rings (SSSR count). The molecule has 0 saturated carbocycles. The molecule has 54 valence electrons. The number of hydrogen-bond donors (Lipinski definition) is 2. The van der Waals surface area contributed by atoms with Gasteiger partial charge in [0.2, 0.25) is 0 Å². The summed E-state index contributed by atoms with van der Waals surface area (Å²) >= 11 is 0. The number of carbonyl (C=O) groups is 2. The minimum atomic E-state index is -0.343. The molecule has 1 aliphatic rings. The van der Waals surface area contributed by atoms with Gasteiger partial charge >= 0.3 is 0 Å². The van der Waals surface area contributed by atoms with Gasteiger partial charge in [0.25, 0.3) is 11.8 Å². The third-order valence-electron chi connectivity index (χ3n) is 1.24. The summed E-state index contributed by atoms with van der Waals surface area (Å²) in [5.74, 6) is -0.685. The molecular weight excluding hydrogens is 132 g/mol. The molecule has 10 heavy (non-hydrogen) atoms. The van der Waals surface area contributed by atoms with E-state index in [0.717, 1.165) is 5.57 Å². The Morgan fingerprint density at radius 1 is 1.10 bits per heavy atom. The van der Waals surface area contributed by atoms with E-state index in [2.05, 4.69) is 10.9 Å². The van der Waals surface area contributed by atoms with Crippen LogP contribution in [0.4, 0.5) is 0 Å². The van der Waals surface area contributed by atoms with E-state index >= 15 is 0 Å². The van der Waals surface area contributed by atoms with Crippen LogP contribution < -0.4 is 10.9 Å². The van der Waals surface area contributed by atoms with E-state index in [4.69, 9.17) is 0 Å². The molecule has 1 saturated heterocycles.